The number of benzene rings is 1. The fourth-order valence-corrected chi connectivity index (χ4v) is 4.07. The van der Waals surface area contributed by atoms with Gasteiger partial charge in [-0.25, -0.2) is 9.37 Å². The van der Waals surface area contributed by atoms with Crippen molar-refractivity contribution in [2.75, 3.05) is 19.3 Å². The number of hydrogen-bond acceptors (Lipinski definition) is 7. The van der Waals surface area contributed by atoms with E-state index >= 15 is 0 Å². The summed E-state index contributed by atoms with van der Waals surface area (Å²) in [5, 5.41) is 0. The quantitative estimate of drug-likeness (QED) is 0.591. The Morgan fingerprint density at radius 1 is 1.26 bits per heavy atom. The van der Waals surface area contributed by atoms with E-state index in [1.54, 1.807) is 25.5 Å². The van der Waals surface area contributed by atoms with E-state index in [0.29, 0.717) is 47.2 Å². The van der Waals surface area contributed by atoms with Crippen molar-refractivity contribution in [1.29, 1.82) is 0 Å². The largest absolute Gasteiger partial charge is 0.482 e. The van der Waals surface area contributed by atoms with Gasteiger partial charge in [-0.3, -0.25) is 9.98 Å². The van der Waals surface area contributed by atoms with Crippen molar-refractivity contribution < 1.29 is 9.13 Å². The molecule has 1 aliphatic carbocycles. The fourth-order valence-electron chi connectivity index (χ4n) is 4.07. The second-order valence-electron chi connectivity index (χ2n) is 8.90. The molecule has 0 radical (unpaired) electrons. The SMILES string of the molecule is CN=CC1=C(N)c2ccc(F)cc2C(C)Oc2cc(cnc2N)C(=NCC2CC2)C(=C(C)N)C1. The molecule has 178 valence electrons. The predicted octanol–water partition coefficient (Wildman–Crippen LogP) is 4.15. The van der Waals surface area contributed by atoms with Crippen LogP contribution in [0.3, 0.4) is 0 Å². The molecule has 1 saturated carbocycles. The molecule has 6 N–H and O–H groups in total. The minimum atomic E-state index is -0.541. The Kier molecular flexibility index (Phi) is 6.68. The maximum absolute atomic E-state index is 14.3. The number of ether oxygens (including phenoxy) is 1. The summed E-state index contributed by atoms with van der Waals surface area (Å²) in [5.74, 6) is 0.841. The second-order valence-corrected chi connectivity index (χ2v) is 8.90. The highest BCUT2D eigenvalue weighted by molar-refractivity contribution is 6.14. The molecule has 1 aromatic carbocycles. The number of halogens is 1. The monoisotopic (exact) mass is 462 g/mol. The van der Waals surface area contributed by atoms with E-state index < -0.39 is 6.10 Å². The Labute approximate surface area is 199 Å². The smallest absolute Gasteiger partial charge is 0.166 e. The lowest BCUT2D eigenvalue weighted by molar-refractivity contribution is 0.226. The third kappa shape index (κ3) is 4.95. The Morgan fingerprint density at radius 3 is 2.71 bits per heavy atom. The molecule has 2 aromatic rings. The Balaban J connectivity index is 1.99. The van der Waals surface area contributed by atoms with Gasteiger partial charge in [-0.2, -0.15) is 0 Å². The van der Waals surface area contributed by atoms with Crippen molar-refractivity contribution in [2.45, 2.75) is 39.2 Å². The fraction of sp³-hybridized carbons (Fsp3) is 0.346. The number of anilines is 1. The van der Waals surface area contributed by atoms with Crippen LogP contribution in [0.25, 0.3) is 5.70 Å². The summed E-state index contributed by atoms with van der Waals surface area (Å²) < 4.78 is 20.5. The molecule has 1 aromatic heterocycles. The van der Waals surface area contributed by atoms with Crippen molar-refractivity contribution in [3.8, 4) is 5.75 Å². The van der Waals surface area contributed by atoms with Crippen LogP contribution in [0.5, 0.6) is 5.75 Å². The topological polar surface area (TPSA) is 125 Å². The molecule has 1 fully saturated rings. The first-order valence-electron chi connectivity index (χ1n) is 11.4. The Hall–Kier alpha value is -3.68. The van der Waals surface area contributed by atoms with E-state index in [9.17, 15) is 4.39 Å². The highest BCUT2D eigenvalue weighted by atomic mass is 19.1. The summed E-state index contributed by atoms with van der Waals surface area (Å²) in [4.78, 5) is 13.6. The van der Waals surface area contributed by atoms with E-state index in [1.165, 1.54) is 25.0 Å². The maximum Gasteiger partial charge on any atom is 0.166 e. The number of nitrogens with two attached hydrogens (primary N) is 3. The lowest BCUT2D eigenvalue weighted by Gasteiger charge is -2.23. The predicted molar refractivity (Wildman–Crippen MR) is 135 cm³/mol. The minimum absolute atomic E-state index is 0.240. The van der Waals surface area contributed by atoms with Crippen molar-refractivity contribution in [3.63, 3.8) is 0 Å². The van der Waals surface area contributed by atoms with E-state index in [0.717, 1.165) is 22.4 Å². The summed E-state index contributed by atoms with van der Waals surface area (Å²) in [7, 11) is 1.69. The molecule has 1 atom stereocenters. The third-order valence-corrected chi connectivity index (χ3v) is 6.17. The van der Waals surface area contributed by atoms with Crippen molar-refractivity contribution in [2.24, 2.45) is 27.4 Å². The summed E-state index contributed by atoms with van der Waals surface area (Å²) in [6, 6.07) is 6.30. The van der Waals surface area contributed by atoms with Gasteiger partial charge in [0, 0.05) is 66.1 Å². The number of fused-ring (bicyclic) bond motifs is 3. The highest BCUT2D eigenvalue weighted by Crippen LogP contribution is 2.35. The molecule has 0 saturated heterocycles. The summed E-state index contributed by atoms with van der Waals surface area (Å²) >= 11 is 0. The van der Waals surface area contributed by atoms with Crippen LogP contribution < -0.4 is 21.9 Å². The second kappa shape index (κ2) is 9.67. The van der Waals surface area contributed by atoms with Crippen LogP contribution >= 0.6 is 0 Å². The summed E-state index contributed by atoms with van der Waals surface area (Å²) in [5.41, 5.74) is 24.7. The first-order valence-corrected chi connectivity index (χ1v) is 11.4. The molecule has 2 bridgehead atoms. The minimum Gasteiger partial charge on any atom is -0.482 e. The number of allylic oxidation sites excluding steroid dienone is 3. The molecule has 0 amide bonds. The number of aromatic nitrogens is 1. The molecule has 8 heteroatoms. The zero-order valence-electron chi connectivity index (χ0n) is 19.8. The van der Waals surface area contributed by atoms with Gasteiger partial charge >= 0.3 is 0 Å². The first-order chi connectivity index (χ1) is 16.3. The van der Waals surface area contributed by atoms with E-state index in [-0.39, 0.29) is 11.6 Å². The van der Waals surface area contributed by atoms with E-state index in [2.05, 4.69) is 9.98 Å². The lowest BCUT2D eigenvalue weighted by atomic mass is 9.91. The zero-order valence-corrected chi connectivity index (χ0v) is 19.8. The number of nitrogens with zero attached hydrogens (tertiary/aromatic N) is 3. The van der Waals surface area contributed by atoms with Gasteiger partial charge in [0.15, 0.2) is 11.6 Å². The molecule has 1 aliphatic heterocycles. The molecular formula is C26H31FN6O. The molecule has 1 unspecified atom stereocenters. The van der Waals surface area contributed by atoms with Gasteiger partial charge in [-0.05, 0) is 62.4 Å². The molecule has 0 spiro atoms. The van der Waals surface area contributed by atoms with E-state index in [4.69, 9.17) is 26.9 Å². The maximum atomic E-state index is 14.3. The summed E-state index contributed by atoms with van der Waals surface area (Å²) in [6.07, 6.45) is 5.62. The normalized spacial score (nSPS) is 21.6. The molecular weight excluding hydrogens is 431 g/mol. The molecule has 4 rings (SSSR count). The standard InChI is InChI=1S/C26H31FN6O/c1-14(28)21-8-17(12-31-3)24(29)20-7-6-19(27)10-22(20)15(2)34-23-9-18(13-33-26(23)30)25(21)32-11-16-4-5-16/h6-7,9-10,12-13,15-16H,4-5,8,11,28-29H2,1-3H3,(H2,30,33). The average Bonchev–Trinajstić information content (AvgIpc) is 3.63. The molecule has 34 heavy (non-hydrogen) atoms. The van der Waals surface area contributed by atoms with Gasteiger partial charge in [0.05, 0.1) is 5.71 Å². The third-order valence-electron chi connectivity index (χ3n) is 6.17. The number of nitrogen functional groups attached to an aromatic ring is 1. The van der Waals surface area contributed by atoms with Crippen molar-refractivity contribution in [1.82, 2.24) is 4.98 Å². The Bertz CT molecular complexity index is 1220. The van der Waals surface area contributed by atoms with Crippen LogP contribution in [0.1, 0.15) is 55.9 Å². The van der Waals surface area contributed by atoms with Crippen LogP contribution in [0.2, 0.25) is 0 Å². The number of hydrogen-bond donors (Lipinski definition) is 3. The van der Waals surface area contributed by atoms with Gasteiger partial charge in [0.25, 0.3) is 0 Å². The Morgan fingerprint density at radius 2 is 2.03 bits per heavy atom. The average molecular weight is 463 g/mol. The van der Waals surface area contributed by atoms with Gasteiger partial charge in [0.1, 0.15) is 11.9 Å². The number of rotatable bonds is 3. The van der Waals surface area contributed by atoms with Gasteiger partial charge in [-0.15, -0.1) is 0 Å². The molecule has 2 heterocycles. The van der Waals surface area contributed by atoms with Crippen LogP contribution in [0.15, 0.2) is 57.3 Å². The van der Waals surface area contributed by atoms with Gasteiger partial charge < -0.3 is 21.9 Å². The number of pyridine rings is 1. The molecule has 7 nitrogen and oxygen atoms in total. The zero-order chi connectivity index (χ0) is 24.4. The van der Waals surface area contributed by atoms with Crippen LogP contribution in [-0.4, -0.2) is 30.5 Å². The summed E-state index contributed by atoms with van der Waals surface area (Å²) in [6.45, 7) is 4.38. The highest BCUT2D eigenvalue weighted by Gasteiger charge is 2.25. The van der Waals surface area contributed by atoms with Crippen molar-refractivity contribution >= 4 is 23.4 Å². The van der Waals surface area contributed by atoms with Gasteiger partial charge in [0.2, 0.25) is 0 Å². The lowest BCUT2D eigenvalue weighted by Crippen LogP contribution is -2.18. The van der Waals surface area contributed by atoms with Crippen LogP contribution in [0, 0.1) is 11.7 Å². The molecule has 2 aliphatic rings. The van der Waals surface area contributed by atoms with E-state index in [1.807, 2.05) is 19.9 Å². The van der Waals surface area contributed by atoms with Crippen LogP contribution in [0.4, 0.5) is 10.2 Å². The first kappa shape index (κ1) is 23.5. The van der Waals surface area contributed by atoms with Gasteiger partial charge in [-0.1, -0.05) is 0 Å². The number of aliphatic imine (C=N–C) groups is 2. The van der Waals surface area contributed by atoms with Crippen molar-refractivity contribution in [3.05, 3.63) is 69.8 Å². The van der Waals surface area contributed by atoms with Crippen LogP contribution in [-0.2, 0) is 0 Å².